The first-order valence-electron chi connectivity index (χ1n) is 16.3. The van der Waals surface area contributed by atoms with E-state index in [1.54, 1.807) is 0 Å². The van der Waals surface area contributed by atoms with Crippen molar-refractivity contribution in [3.8, 4) is 27.9 Å². The zero-order chi connectivity index (χ0) is 30.9. The van der Waals surface area contributed by atoms with Crippen LogP contribution < -0.4 is 0 Å². The van der Waals surface area contributed by atoms with Crippen LogP contribution in [0.4, 0.5) is 0 Å². The minimum Gasteiger partial charge on any atom is -0.309 e. The lowest BCUT2D eigenvalue weighted by molar-refractivity contribution is 1.18. The minimum atomic E-state index is 1.18. The lowest BCUT2D eigenvalue weighted by Gasteiger charge is -2.21. The van der Waals surface area contributed by atoms with Gasteiger partial charge in [-0.3, -0.25) is 0 Å². The molecule has 0 aliphatic carbocycles. The van der Waals surface area contributed by atoms with Crippen LogP contribution in [0.3, 0.4) is 0 Å². The molecule has 1 heterocycles. The quantitative estimate of drug-likeness (QED) is 0.141. The van der Waals surface area contributed by atoms with Crippen LogP contribution in [0, 0.1) is 0 Å². The van der Waals surface area contributed by atoms with E-state index < -0.39 is 0 Å². The predicted molar refractivity (Wildman–Crippen MR) is 202 cm³/mol. The van der Waals surface area contributed by atoms with Gasteiger partial charge in [-0.05, 0) is 84.0 Å². The van der Waals surface area contributed by atoms with Gasteiger partial charge >= 0.3 is 0 Å². The number of rotatable bonds is 3. The monoisotopic (exact) mass is 595 g/mol. The Kier molecular flexibility index (Phi) is 5.64. The molecular weight excluding hydrogens is 567 g/mol. The van der Waals surface area contributed by atoms with Crippen LogP contribution in [0.15, 0.2) is 176 Å². The lowest BCUT2D eigenvalue weighted by Crippen LogP contribution is -1.98. The van der Waals surface area contributed by atoms with Crippen molar-refractivity contribution in [3.05, 3.63) is 176 Å². The fraction of sp³-hybridized carbons (Fsp3) is 0. The summed E-state index contributed by atoms with van der Waals surface area (Å²) in [5.74, 6) is 0. The largest absolute Gasteiger partial charge is 0.309 e. The normalized spacial score (nSPS) is 11.8. The average Bonchev–Trinajstić information content (AvgIpc) is 3.48. The van der Waals surface area contributed by atoms with Crippen molar-refractivity contribution in [3.63, 3.8) is 0 Å². The number of hydrogen-bond donors (Lipinski definition) is 0. The Morgan fingerprint density at radius 1 is 0.298 bits per heavy atom. The first kappa shape index (κ1) is 26.1. The van der Waals surface area contributed by atoms with Gasteiger partial charge in [0.1, 0.15) is 0 Å². The third-order valence-electron chi connectivity index (χ3n) is 9.96. The van der Waals surface area contributed by atoms with Gasteiger partial charge in [-0.25, -0.2) is 0 Å². The van der Waals surface area contributed by atoms with Crippen molar-refractivity contribution in [1.82, 2.24) is 4.57 Å². The van der Waals surface area contributed by atoms with Gasteiger partial charge in [-0.2, -0.15) is 0 Å². The Hall–Kier alpha value is -6.18. The van der Waals surface area contributed by atoms with E-state index in [2.05, 4.69) is 180 Å². The molecule has 0 saturated heterocycles. The third kappa shape index (κ3) is 3.78. The van der Waals surface area contributed by atoms with Gasteiger partial charge in [0.15, 0.2) is 0 Å². The van der Waals surface area contributed by atoms with Gasteiger partial charge in [0, 0.05) is 16.3 Å². The molecule has 47 heavy (non-hydrogen) atoms. The van der Waals surface area contributed by atoms with E-state index in [0.717, 1.165) is 0 Å². The molecule has 0 radical (unpaired) electrons. The summed E-state index contributed by atoms with van der Waals surface area (Å²) in [7, 11) is 0. The van der Waals surface area contributed by atoms with Crippen LogP contribution in [0.25, 0.3) is 92.8 Å². The highest BCUT2D eigenvalue weighted by molar-refractivity contribution is 6.32. The topological polar surface area (TPSA) is 4.93 Å². The summed E-state index contributed by atoms with van der Waals surface area (Å²) in [4.78, 5) is 0. The summed E-state index contributed by atoms with van der Waals surface area (Å²) in [6.07, 6.45) is 0. The highest BCUT2D eigenvalue weighted by atomic mass is 15.0. The van der Waals surface area contributed by atoms with Crippen LogP contribution in [-0.4, -0.2) is 4.57 Å². The third-order valence-corrected chi connectivity index (χ3v) is 9.96. The molecule has 0 bridgehead atoms. The molecule has 0 atom stereocenters. The van der Waals surface area contributed by atoms with Gasteiger partial charge in [0.2, 0.25) is 0 Å². The molecule has 0 fully saturated rings. The van der Waals surface area contributed by atoms with Gasteiger partial charge in [0.25, 0.3) is 0 Å². The van der Waals surface area contributed by atoms with E-state index in [4.69, 9.17) is 0 Å². The average molecular weight is 596 g/mol. The second-order valence-electron chi connectivity index (χ2n) is 12.4. The molecule has 0 aliphatic heterocycles. The highest BCUT2D eigenvalue weighted by Gasteiger charge is 2.21. The van der Waals surface area contributed by atoms with Crippen LogP contribution >= 0.6 is 0 Å². The van der Waals surface area contributed by atoms with E-state index in [9.17, 15) is 0 Å². The summed E-state index contributed by atoms with van der Waals surface area (Å²) in [5.41, 5.74) is 8.56. The maximum Gasteiger partial charge on any atom is 0.0541 e. The van der Waals surface area contributed by atoms with Crippen LogP contribution in [0.1, 0.15) is 0 Å². The van der Waals surface area contributed by atoms with Crippen molar-refractivity contribution in [2.75, 3.05) is 0 Å². The summed E-state index contributed by atoms with van der Waals surface area (Å²) in [6, 6.07) is 64.5. The summed E-state index contributed by atoms with van der Waals surface area (Å²) in [5, 5.41) is 12.8. The Labute approximate surface area is 272 Å². The first-order valence-corrected chi connectivity index (χ1v) is 16.3. The van der Waals surface area contributed by atoms with E-state index >= 15 is 0 Å². The maximum absolute atomic E-state index is 2.45. The zero-order valence-corrected chi connectivity index (χ0v) is 25.7. The molecule has 1 heteroatoms. The van der Waals surface area contributed by atoms with Gasteiger partial charge in [0.05, 0.1) is 16.7 Å². The number of benzene rings is 9. The number of fused-ring (bicyclic) bond motifs is 10. The SMILES string of the molecule is c1ccc(-c2c3ccccc3cc3c4ccccc4c4ccccc4c23)c(-c2ccccc2-n2c3ccccc3c3ccccc32)c1. The molecule has 218 valence electrons. The van der Waals surface area contributed by atoms with Crippen molar-refractivity contribution >= 4 is 64.9 Å². The number of hydrogen-bond acceptors (Lipinski definition) is 0. The second-order valence-corrected chi connectivity index (χ2v) is 12.4. The Morgan fingerprint density at radius 3 is 1.43 bits per heavy atom. The molecule has 1 nitrogen and oxygen atoms in total. The van der Waals surface area contributed by atoms with Crippen molar-refractivity contribution < 1.29 is 0 Å². The van der Waals surface area contributed by atoms with Crippen LogP contribution in [-0.2, 0) is 0 Å². The van der Waals surface area contributed by atoms with E-state index in [1.807, 2.05) is 0 Å². The first-order chi connectivity index (χ1) is 23.4. The summed E-state index contributed by atoms with van der Waals surface area (Å²) >= 11 is 0. The predicted octanol–water partition coefficient (Wildman–Crippen LogP) is 12.7. The lowest BCUT2D eigenvalue weighted by atomic mass is 9.84. The highest BCUT2D eigenvalue weighted by Crippen LogP contribution is 2.47. The molecule has 0 saturated carbocycles. The smallest absolute Gasteiger partial charge is 0.0541 e. The Balaban J connectivity index is 1.36. The van der Waals surface area contributed by atoms with Crippen LogP contribution in [0.5, 0.6) is 0 Å². The second kappa shape index (κ2) is 10.2. The van der Waals surface area contributed by atoms with Crippen molar-refractivity contribution in [2.45, 2.75) is 0 Å². The molecule has 0 spiro atoms. The molecule has 0 amide bonds. The van der Waals surface area contributed by atoms with Gasteiger partial charge in [-0.15, -0.1) is 0 Å². The van der Waals surface area contributed by atoms with E-state index in [-0.39, 0.29) is 0 Å². The van der Waals surface area contributed by atoms with Gasteiger partial charge in [-0.1, -0.05) is 152 Å². The zero-order valence-electron chi connectivity index (χ0n) is 25.7. The molecule has 0 N–H and O–H groups in total. The Morgan fingerprint density at radius 2 is 0.745 bits per heavy atom. The molecule has 10 rings (SSSR count). The fourth-order valence-electron chi connectivity index (χ4n) is 8.02. The molecule has 1 aromatic heterocycles. The minimum absolute atomic E-state index is 1.18. The molecular formula is C46H29N. The van der Waals surface area contributed by atoms with E-state index in [0.29, 0.717) is 0 Å². The molecule has 9 aromatic carbocycles. The van der Waals surface area contributed by atoms with Crippen molar-refractivity contribution in [2.24, 2.45) is 0 Å². The summed E-state index contributed by atoms with van der Waals surface area (Å²) in [6.45, 7) is 0. The fourth-order valence-corrected chi connectivity index (χ4v) is 8.02. The van der Waals surface area contributed by atoms with E-state index in [1.165, 1.54) is 92.8 Å². The standard InChI is InChI=1S/C46H29N/c1-2-16-31-30(15-1)29-41-34-19-4-3-17-32(34)33-18-5-7-24-39(33)46(41)45(31)40-25-8-6-20-35(40)36-21-9-12-26-42(36)47-43-27-13-10-22-37(43)38-23-11-14-28-44(38)47/h1-29H. The van der Waals surface area contributed by atoms with Crippen LogP contribution in [0.2, 0.25) is 0 Å². The summed E-state index contributed by atoms with van der Waals surface area (Å²) < 4.78 is 2.45. The maximum atomic E-state index is 2.45. The van der Waals surface area contributed by atoms with Gasteiger partial charge < -0.3 is 4.57 Å². The molecule has 0 unspecified atom stereocenters. The number of para-hydroxylation sites is 3. The van der Waals surface area contributed by atoms with Crippen molar-refractivity contribution in [1.29, 1.82) is 0 Å². The molecule has 10 aromatic rings. The molecule has 0 aliphatic rings. The number of aromatic nitrogens is 1. The Bertz CT molecular complexity index is 2800. The number of nitrogens with zero attached hydrogens (tertiary/aromatic N) is 1.